The summed E-state index contributed by atoms with van der Waals surface area (Å²) >= 11 is 3.36. The van der Waals surface area contributed by atoms with Gasteiger partial charge in [-0.3, -0.25) is 0 Å². The molecule has 0 saturated heterocycles. The highest BCUT2D eigenvalue weighted by atomic mass is 79.9. The lowest BCUT2D eigenvalue weighted by molar-refractivity contribution is 0.0329. The minimum atomic E-state index is -0.129. The van der Waals surface area contributed by atoms with Gasteiger partial charge in [-0.2, -0.15) is 0 Å². The monoisotopic (exact) mass is 259 g/mol. The maximum absolute atomic E-state index is 8.63. The van der Waals surface area contributed by atoms with Crippen LogP contribution >= 0.6 is 15.9 Å². The lowest BCUT2D eigenvalue weighted by Crippen LogP contribution is -2.17. The fourth-order valence-corrected chi connectivity index (χ4v) is 1.44. The Morgan fingerprint density at radius 1 is 1.36 bits per heavy atom. The largest absolute Gasteiger partial charge is 0.394 e. The third-order valence-electron chi connectivity index (χ3n) is 1.87. The number of nitrogens with two attached hydrogens (primary N) is 1. The third-order valence-corrected chi connectivity index (χ3v) is 2.39. The predicted molar refractivity (Wildman–Crippen MR) is 59.0 cm³/mol. The first-order valence-corrected chi connectivity index (χ1v) is 5.25. The molecule has 0 aliphatic heterocycles. The van der Waals surface area contributed by atoms with E-state index in [9.17, 15) is 0 Å². The van der Waals surface area contributed by atoms with Gasteiger partial charge >= 0.3 is 0 Å². The van der Waals surface area contributed by atoms with Crippen molar-refractivity contribution < 1.29 is 9.84 Å². The number of ether oxygens (including phenoxy) is 1. The van der Waals surface area contributed by atoms with Crippen molar-refractivity contribution in [3.63, 3.8) is 0 Å². The van der Waals surface area contributed by atoms with Crippen LogP contribution in [-0.2, 0) is 4.74 Å². The van der Waals surface area contributed by atoms with Crippen LogP contribution in [-0.4, -0.2) is 24.9 Å². The second kappa shape index (κ2) is 6.14. The van der Waals surface area contributed by atoms with Crippen molar-refractivity contribution >= 4 is 15.9 Å². The Morgan fingerprint density at radius 2 is 2.00 bits per heavy atom. The van der Waals surface area contributed by atoms with Gasteiger partial charge in [0.1, 0.15) is 0 Å². The number of halogens is 1. The molecule has 14 heavy (non-hydrogen) atoms. The molecule has 3 nitrogen and oxygen atoms in total. The predicted octanol–water partition coefficient (Wildman–Crippen LogP) is 1.46. The molecular weight excluding hydrogens is 246 g/mol. The average molecular weight is 260 g/mol. The van der Waals surface area contributed by atoms with E-state index in [0.29, 0.717) is 13.2 Å². The Kier molecular flexibility index (Phi) is 5.11. The SMILES string of the molecule is NCC(OCCO)c1ccc(Br)cc1. The van der Waals surface area contributed by atoms with Crippen molar-refractivity contribution in [2.45, 2.75) is 6.10 Å². The van der Waals surface area contributed by atoms with Crippen molar-refractivity contribution in [2.75, 3.05) is 19.8 Å². The van der Waals surface area contributed by atoms with E-state index in [4.69, 9.17) is 15.6 Å². The molecular formula is C10H14BrNO2. The van der Waals surface area contributed by atoms with E-state index < -0.39 is 0 Å². The van der Waals surface area contributed by atoms with Crippen LogP contribution in [0.15, 0.2) is 28.7 Å². The summed E-state index contributed by atoms with van der Waals surface area (Å²) in [6.07, 6.45) is -0.129. The number of aliphatic hydroxyl groups is 1. The number of hydrogen-bond acceptors (Lipinski definition) is 3. The summed E-state index contributed by atoms with van der Waals surface area (Å²) in [7, 11) is 0. The molecule has 4 heteroatoms. The van der Waals surface area contributed by atoms with Crippen LogP contribution < -0.4 is 5.73 Å². The molecule has 0 aliphatic rings. The van der Waals surface area contributed by atoms with E-state index in [2.05, 4.69) is 15.9 Å². The second-order valence-electron chi connectivity index (χ2n) is 2.87. The zero-order valence-corrected chi connectivity index (χ0v) is 9.40. The molecule has 3 N–H and O–H groups in total. The standard InChI is InChI=1S/C10H14BrNO2/c11-9-3-1-8(2-4-9)10(7-12)14-6-5-13/h1-4,10,13H,5-7,12H2. The lowest BCUT2D eigenvalue weighted by atomic mass is 10.1. The van der Waals surface area contributed by atoms with Gasteiger partial charge in [-0.15, -0.1) is 0 Å². The summed E-state index contributed by atoms with van der Waals surface area (Å²) in [5, 5.41) is 8.63. The Hall–Kier alpha value is -0.420. The molecule has 1 atom stereocenters. The van der Waals surface area contributed by atoms with Gasteiger partial charge in [0.05, 0.1) is 19.3 Å². The molecule has 1 aromatic rings. The van der Waals surface area contributed by atoms with Crippen molar-refractivity contribution in [3.05, 3.63) is 34.3 Å². The molecule has 0 bridgehead atoms. The normalized spacial score (nSPS) is 12.8. The van der Waals surface area contributed by atoms with Crippen LogP contribution in [0.5, 0.6) is 0 Å². The van der Waals surface area contributed by atoms with Crippen molar-refractivity contribution in [1.29, 1.82) is 0 Å². The zero-order valence-electron chi connectivity index (χ0n) is 7.82. The molecule has 0 saturated carbocycles. The molecule has 0 amide bonds. The molecule has 78 valence electrons. The summed E-state index contributed by atoms with van der Waals surface area (Å²) in [6, 6.07) is 7.80. The van der Waals surface area contributed by atoms with Crippen LogP contribution in [0, 0.1) is 0 Å². The highest BCUT2D eigenvalue weighted by Crippen LogP contribution is 2.18. The molecule has 1 rings (SSSR count). The molecule has 0 radical (unpaired) electrons. The van der Waals surface area contributed by atoms with Crippen LogP contribution in [0.4, 0.5) is 0 Å². The summed E-state index contributed by atoms with van der Waals surface area (Å²) in [5.41, 5.74) is 6.60. The Morgan fingerprint density at radius 3 is 2.50 bits per heavy atom. The van der Waals surface area contributed by atoms with Crippen LogP contribution in [0.1, 0.15) is 11.7 Å². The molecule has 1 aromatic carbocycles. The lowest BCUT2D eigenvalue weighted by Gasteiger charge is -2.15. The Labute approximate surface area is 92.0 Å². The fraction of sp³-hybridized carbons (Fsp3) is 0.400. The van der Waals surface area contributed by atoms with Crippen molar-refractivity contribution in [1.82, 2.24) is 0 Å². The molecule has 1 unspecified atom stereocenters. The number of aliphatic hydroxyl groups excluding tert-OH is 1. The molecule has 0 aliphatic carbocycles. The van der Waals surface area contributed by atoms with Gasteiger partial charge in [-0.25, -0.2) is 0 Å². The summed E-state index contributed by atoms with van der Waals surface area (Å²) < 4.78 is 6.40. The summed E-state index contributed by atoms with van der Waals surface area (Å²) in [4.78, 5) is 0. The van der Waals surface area contributed by atoms with Gasteiger partial charge < -0.3 is 15.6 Å². The highest BCUT2D eigenvalue weighted by Gasteiger charge is 2.08. The van der Waals surface area contributed by atoms with Crippen LogP contribution in [0.3, 0.4) is 0 Å². The van der Waals surface area contributed by atoms with Gasteiger partial charge in [-0.05, 0) is 17.7 Å². The Balaban J connectivity index is 2.64. The van der Waals surface area contributed by atoms with Gasteiger partial charge in [0.15, 0.2) is 0 Å². The van der Waals surface area contributed by atoms with E-state index in [1.165, 1.54) is 0 Å². The van der Waals surface area contributed by atoms with E-state index in [0.717, 1.165) is 10.0 Å². The first-order chi connectivity index (χ1) is 6.77. The van der Waals surface area contributed by atoms with Crippen molar-refractivity contribution in [2.24, 2.45) is 5.73 Å². The maximum atomic E-state index is 8.63. The number of rotatable bonds is 5. The quantitative estimate of drug-likeness (QED) is 0.842. The zero-order chi connectivity index (χ0) is 10.4. The smallest absolute Gasteiger partial charge is 0.0948 e. The minimum absolute atomic E-state index is 0.0209. The number of benzene rings is 1. The van der Waals surface area contributed by atoms with Gasteiger partial charge in [-0.1, -0.05) is 28.1 Å². The molecule has 0 heterocycles. The fourth-order valence-electron chi connectivity index (χ4n) is 1.17. The molecule has 0 fully saturated rings. The van der Waals surface area contributed by atoms with E-state index in [1.807, 2.05) is 24.3 Å². The topological polar surface area (TPSA) is 55.5 Å². The van der Waals surface area contributed by atoms with E-state index in [1.54, 1.807) is 0 Å². The summed E-state index contributed by atoms with van der Waals surface area (Å²) in [6.45, 7) is 0.757. The van der Waals surface area contributed by atoms with Crippen LogP contribution in [0.25, 0.3) is 0 Å². The Bertz CT molecular complexity index is 263. The minimum Gasteiger partial charge on any atom is -0.394 e. The van der Waals surface area contributed by atoms with Gasteiger partial charge in [0.25, 0.3) is 0 Å². The first-order valence-electron chi connectivity index (χ1n) is 4.46. The van der Waals surface area contributed by atoms with Gasteiger partial charge in [0.2, 0.25) is 0 Å². The van der Waals surface area contributed by atoms with E-state index >= 15 is 0 Å². The molecule has 0 aromatic heterocycles. The van der Waals surface area contributed by atoms with Gasteiger partial charge in [0, 0.05) is 11.0 Å². The average Bonchev–Trinajstić information content (AvgIpc) is 2.21. The third kappa shape index (κ3) is 3.38. The second-order valence-corrected chi connectivity index (χ2v) is 3.79. The van der Waals surface area contributed by atoms with Crippen LogP contribution in [0.2, 0.25) is 0 Å². The number of hydrogen-bond donors (Lipinski definition) is 2. The van der Waals surface area contributed by atoms with E-state index in [-0.39, 0.29) is 12.7 Å². The maximum Gasteiger partial charge on any atom is 0.0948 e. The first kappa shape index (κ1) is 11.7. The highest BCUT2D eigenvalue weighted by molar-refractivity contribution is 9.10. The molecule has 0 spiro atoms. The summed E-state index contributed by atoms with van der Waals surface area (Å²) in [5.74, 6) is 0. The van der Waals surface area contributed by atoms with Crippen molar-refractivity contribution in [3.8, 4) is 0 Å².